The molecule has 10 rings (SSSR count). The molecule has 0 saturated carbocycles. The molecule has 0 aliphatic rings. The van der Waals surface area contributed by atoms with Gasteiger partial charge in [-0.3, -0.25) is 0 Å². The van der Waals surface area contributed by atoms with E-state index in [0.29, 0.717) is 0 Å². The van der Waals surface area contributed by atoms with Crippen LogP contribution in [0.15, 0.2) is 218 Å². The second-order valence-electron chi connectivity index (χ2n) is 21.1. The summed E-state index contributed by atoms with van der Waals surface area (Å²) < 4.78 is 0. The number of nitrogens with zero attached hydrogens (tertiary/aromatic N) is 2. The lowest BCUT2D eigenvalue weighted by Crippen LogP contribution is -2.10. The predicted molar refractivity (Wildman–Crippen MR) is 331 cm³/mol. The molecule has 2 heteroatoms. The Labute approximate surface area is 454 Å². The normalized spacial score (nSPS) is 11.4. The molecule has 0 bridgehead atoms. The number of rotatable bonds is 23. The number of unbranched alkanes of at least 4 members (excludes halogenated alkanes) is 10. The first-order valence-corrected chi connectivity index (χ1v) is 28.6. The van der Waals surface area contributed by atoms with E-state index in [0.717, 1.165) is 47.0 Å². The summed E-state index contributed by atoms with van der Waals surface area (Å²) in [4.78, 5) is 4.71. The molecule has 0 amide bonds. The lowest BCUT2D eigenvalue weighted by Gasteiger charge is -2.26. The highest BCUT2D eigenvalue weighted by atomic mass is 15.1. The SMILES string of the molecule is CCCCCCCCc1cc(C)c2ccccc2c1-c1c(CCCCCCCC)cc(-c2ccc(N(c3ccccc3)c3ccc(-c4ccc(N(c5ccccc5)c5ccc(C)cc5)cc4)cc3)cc2)c2ccccc12. The van der Waals surface area contributed by atoms with Gasteiger partial charge in [0.15, 0.2) is 0 Å². The summed E-state index contributed by atoms with van der Waals surface area (Å²) in [5.74, 6) is 0. The van der Waals surface area contributed by atoms with Crippen molar-refractivity contribution in [2.45, 2.75) is 118 Å². The number of para-hydroxylation sites is 2. The maximum atomic E-state index is 2.59. The van der Waals surface area contributed by atoms with Gasteiger partial charge in [-0.15, -0.1) is 0 Å². The van der Waals surface area contributed by atoms with Crippen LogP contribution in [0.25, 0.3) is 54.9 Å². The minimum atomic E-state index is 1.07. The molecular weight excluding hydrogens is 917 g/mol. The van der Waals surface area contributed by atoms with Crippen molar-refractivity contribution >= 4 is 55.7 Å². The zero-order valence-corrected chi connectivity index (χ0v) is 45.6. The van der Waals surface area contributed by atoms with Gasteiger partial charge in [-0.2, -0.15) is 0 Å². The lowest BCUT2D eigenvalue weighted by atomic mass is 9.81. The molecule has 0 N–H and O–H groups in total. The van der Waals surface area contributed by atoms with Crippen molar-refractivity contribution < 1.29 is 0 Å². The third-order valence-corrected chi connectivity index (χ3v) is 15.7. The Morgan fingerprint density at radius 1 is 0.289 bits per heavy atom. The number of hydrogen-bond donors (Lipinski definition) is 0. The van der Waals surface area contributed by atoms with E-state index >= 15 is 0 Å². The number of aryl methyl sites for hydroxylation is 4. The molecule has 0 atom stereocenters. The van der Waals surface area contributed by atoms with Gasteiger partial charge < -0.3 is 9.80 Å². The average molecular weight is 993 g/mol. The van der Waals surface area contributed by atoms with Crippen LogP contribution < -0.4 is 9.80 Å². The fourth-order valence-corrected chi connectivity index (χ4v) is 11.6. The fourth-order valence-electron chi connectivity index (χ4n) is 11.6. The second-order valence-corrected chi connectivity index (χ2v) is 21.1. The Balaban J connectivity index is 0.995. The van der Waals surface area contributed by atoms with Gasteiger partial charge >= 0.3 is 0 Å². The third kappa shape index (κ3) is 11.9. The molecule has 2 nitrogen and oxygen atoms in total. The smallest absolute Gasteiger partial charge is 0.0462 e. The van der Waals surface area contributed by atoms with Gasteiger partial charge in [0, 0.05) is 34.1 Å². The monoisotopic (exact) mass is 993 g/mol. The molecule has 10 aromatic carbocycles. The highest BCUT2D eigenvalue weighted by Gasteiger charge is 2.22. The minimum absolute atomic E-state index is 1.07. The molecular formula is C74H76N2. The third-order valence-electron chi connectivity index (χ3n) is 15.7. The summed E-state index contributed by atoms with van der Waals surface area (Å²) in [7, 11) is 0. The zero-order valence-electron chi connectivity index (χ0n) is 45.6. The molecule has 76 heavy (non-hydrogen) atoms. The molecule has 10 aromatic rings. The zero-order chi connectivity index (χ0) is 52.1. The highest BCUT2D eigenvalue weighted by Crippen LogP contribution is 2.46. The van der Waals surface area contributed by atoms with Gasteiger partial charge in [0.25, 0.3) is 0 Å². The summed E-state index contributed by atoms with van der Waals surface area (Å²) in [5, 5.41) is 5.45. The van der Waals surface area contributed by atoms with E-state index in [1.165, 1.54) is 154 Å². The molecule has 0 saturated heterocycles. The summed E-state index contributed by atoms with van der Waals surface area (Å²) >= 11 is 0. The quantitative estimate of drug-likeness (QED) is 0.0589. The van der Waals surface area contributed by atoms with Crippen LogP contribution in [0.4, 0.5) is 34.1 Å². The Hall–Kier alpha value is -7.68. The Morgan fingerprint density at radius 3 is 1.09 bits per heavy atom. The molecule has 0 aliphatic carbocycles. The van der Waals surface area contributed by atoms with Crippen LogP contribution in [-0.2, 0) is 12.8 Å². The number of benzene rings is 10. The Bertz CT molecular complexity index is 3430. The van der Waals surface area contributed by atoms with Crippen molar-refractivity contribution in [2.75, 3.05) is 9.80 Å². The molecule has 0 heterocycles. The van der Waals surface area contributed by atoms with E-state index in [2.05, 4.69) is 256 Å². The summed E-state index contributed by atoms with van der Waals surface area (Å²) in [6.07, 6.45) is 17.7. The van der Waals surface area contributed by atoms with Gasteiger partial charge in [-0.25, -0.2) is 0 Å². The van der Waals surface area contributed by atoms with Crippen LogP contribution in [0.3, 0.4) is 0 Å². The van der Waals surface area contributed by atoms with Crippen LogP contribution >= 0.6 is 0 Å². The molecule has 0 aliphatic heterocycles. The Morgan fingerprint density at radius 2 is 0.632 bits per heavy atom. The van der Waals surface area contributed by atoms with E-state index in [1.807, 2.05) is 0 Å². The van der Waals surface area contributed by atoms with Gasteiger partial charge in [-0.05, 0) is 190 Å². The van der Waals surface area contributed by atoms with Crippen molar-refractivity contribution in [3.8, 4) is 33.4 Å². The number of fused-ring (bicyclic) bond motifs is 2. The molecule has 0 fully saturated rings. The summed E-state index contributed by atoms with van der Waals surface area (Å²) in [6.45, 7) is 9.08. The van der Waals surface area contributed by atoms with Gasteiger partial charge in [0.1, 0.15) is 0 Å². The molecule has 0 unspecified atom stereocenters. The second kappa shape index (κ2) is 25.2. The summed E-state index contributed by atoms with van der Waals surface area (Å²) in [5.41, 5.74) is 20.2. The first-order chi connectivity index (χ1) is 37.5. The first-order valence-electron chi connectivity index (χ1n) is 28.6. The largest absolute Gasteiger partial charge is 0.311 e. The standard InChI is InChI=1S/C74H76N2/c1-5-7-9-11-13-17-27-60-53-56(4)68-33-23-25-35-70(68)73(60)74-61(28-18-14-12-10-8-6-2)54-72(69-34-24-26-36-71(69)74)59-43-51-67(52-44-59)76(63-31-21-16-22-32-63)66-49-41-58(42-50-66)57-39-47-65(48-40-57)75(62-29-19-15-20-30-62)64-45-37-55(3)38-46-64/h15-16,19-26,29-54H,5-14,17-18,27-28H2,1-4H3. The topological polar surface area (TPSA) is 6.48 Å². The molecule has 382 valence electrons. The van der Waals surface area contributed by atoms with Crippen molar-refractivity contribution in [1.29, 1.82) is 0 Å². The van der Waals surface area contributed by atoms with Gasteiger partial charge in [0.05, 0.1) is 0 Å². The highest BCUT2D eigenvalue weighted by molar-refractivity contribution is 6.12. The predicted octanol–water partition coefficient (Wildman–Crippen LogP) is 22.4. The number of anilines is 6. The van der Waals surface area contributed by atoms with Crippen LogP contribution in [0, 0.1) is 13.8 Å². The van der Waals surface area contributed by atoms with E-state index in [4.69, 9.17) is 0 Å². The molecule has 0 spiro atoms. The van der Waals surface area contributed by atoms with E-state index < -0.39 is 0 Å². The number of hydrogen-bond acceptors (Lipinski definition) is 2. The minimum Gasteiger partial charge on any atom is -0.311 e. The van der Waals surface area contributed by atoms with Gasteiger partial charge in [0.2, 0.25) is 0 Å². The average Bonchev–Trinajstić information content (AvgIpc) is 3.49. The summed E-state index contributed by atoms with van der Waals surface area (Å²) in [6, 6.07) is 81.2. The van der Waals surface area contributed by atoms with Crippen LogP contribution in [0.2, 0.25) is 0 Å². The van der Waals surface area contributed by atoms with E-state index in [9.17, 15) is 0 Å². The maximum Gasteiger partial charge on any atom is 0.0462 e. The van der Waals surface area contributed by atoms with Crippen LogP contribution in [-0.4, -0.2) is 0 Å². The molecule has 0 aromatic heterocycles. The van der Waals surface area contributed by atoms with Crippen molar-refractivity contribution in [3.05, 3.63) is 241 Å². The van der Waals surface area contributed by atoms with Crippen LogP contribution in [0.1, 0.15) is 113 Å². The van der Waals surface area contributed by atoms with Crippen molar-refractivity contribution in [2.24, 2.45) is 0 Å². The molecule has 0 radical (unpaired) electrons. The van der Waals surface area contributed by atoms with Crippen molar-refractivity contribution in [3.63, 3.8) is 0 Å². The first kappa shape index (κ1) is 51.8. The van der Waals surface area contributed by atoms with E-state index in [-0.39, 0.29) is 0 Å². The van der Waals surface area contributed by atoms with Gasteiger partial charge in [-0.1, -0.05) is 223 Å². The van der Waals surface area contributed by atoms with E-state index in [1.54, 1.807) is 0 Å². The maximum absolute atomic E-state index is 2.59. The lowest BCUT2D eigenvalue weighted by molar-refractivity contribution is 0.607. The van der Waals surface area contributed by atoms with Crippen LogP contribution in [0.5, 0.6) is 0 Å². The fraction of sp³-hybridized carbons (Fsp3) is 0.243. The van der Waals surface area contributed by atoms with Crippen molar-refractivity contribution in [1.82, 2.24) is 0 Å². The Kier molecular flexibility index (Phi) is 17.2.